The predicted molar refractivity (Wildman–Crippen MR) is 81.5 cm³/mol. The van der Waals surface area contributed by atoms with Crippen LogP contribution in [0.3, 0.4) is 0 Å². The minimum absolute atomic E-state index is 0.0312. The average molecular weight is 338 g/mol. The molecule has 1 aromatic heterocycles. The third kappa shape index (κ3) is 3.71. The van der Waals surface area contributed by atoms with Crippen LogP contribution in [0.15, 0.2) is 39.9 Å². The number of rotatable bonds is 4. The van der Waals surface area contributed by atoms with Gasteiger partial charge in [0.15, 0.2) is 0 Å². The molecule has 1 aromatic carbocycles. The van der Waals surface area contributed by atoms with Crippen molar-refractivity contribution in [2.24, 2.45) is 4.99 Å². The van der Waals surface area contributed by atoms with E-state index in [-0.39, 0.29) is 5.78 Å². The Morgan fingerprint density at radius 1 is 1.37 bits per heavy atom. The number of hydrogen-bond acceptors (Lipinski definition) is 4. The Morgan fingerprint density at radius 2 is 2.05 bits per heavy atom. The van der Waals surface area contributed by atoms with Crippen molar-refractivity contribution in [1.29, 1.82) is 0 Å². The number of aliphatic imine (C=N–C) groups is 1. The molecule has 1 heterocycles. The molecule has 0 bridgehead atoms. The van der Waals surface area contributed by atoms with E-state index in [1.54, 1.807) is 24.7 Å². The highest BCUT2D eigenvalue weighted by Crippen LogP contribution is 2.23. The zero-order chi connectivity index (χ0) is 13.8. The maximum absolute atomic E-state index is 12.2. The molecule has 0 aliphatic rings. The molecule has 2 aromatic rings. The van der Waals surface area contributed by atoms with Crippen molar-refractivity contribution < 1.29 is 4.79 Å². The number of benzene rings is 1. The molecule has 0 amide bonds. The number of halogens is 1. The molecule has 19 heavy (non-hydrogen) atoms. The van der Waals surface area contributed by atoms with Crippen LogP contribution in [0.25, 0.3) is 0 Å². The number of carbonyl (C=O) groups excluding carboxylic acids is 1. The first-order valence-corrected chi connectivity index (χ1v) is 7.14. The summed E-state index contributed by atoms with van der Waals surface area (Å²) in [7, 11) is 3.76. The molecule has 0 spiro atoms. The minimum atomic E-state index is -0.0312. The van der Waals surface area contributed by atoms with Crippen LogP contribution in [-0.4, -0.2) is 36.1 Å². The van der Waals surface area contributed by atoms with E-state index in [1.165, 1.54) is 11.3 Å². The van der Waals surface area contributed by atoms with Gasteiger partial charge in [0.25, 0.3) is 0 Å². The van der Waals surface area contributed by atoms with Gasteiger partial charge in [0.05, 0.1) is 17.4 Å². The van der Waals surface area contributed by atoms with Gasteiger partial charge in [-0.25, -0.2) is 9.98 Å². The minimum Gasteiger partial charge on any atom is -0.369 e. The number of thiazole rings is 1. The van der Waals surface area contributed by atoms with Crippen LogP contribution in [0, 0.1) is 0 Å². The topological polar surface area (TPSA) is 45.6 Å². The van der Waals surface area contributed by atoms with E-state index in [0.717, 1.165) is 4.47 Å². The van der Waals surface area contributed by atoms with Gasteiger partial charge in [-0.05, 0) is 24.3 Å². The third-order valence-electron chi connectivity index (χ3n) is 2.22. The fraction of sp³-hybridized carbons (Fsp3) is 0.154. The summed E-state index contributed by atoms with van der Waals surface area (Å²) in [5.74, 6) is -0.0312. The SMILES string of the molecule is CN(C)/C=N\c1ncc(C(=O)c2ccc(Br)cc2)s1. The molecular formula is C13H12BrN3OS. The van der Waals surface area contributed by atoms with Crippen LogP contribution in [0.1, 0.15) is 15.2 Å². The maximum atomic E-state index is 12.2. The van der Waals surface area contributed by atoms with E-state index in [0.29, 0.717) is 15.6 Å². The summed E-state index contributed by atoms with van der Waals surface area (Å²) in [6.07, 6.45) is 3.23. The van der Waals surface area contributed by atoms with Gasteiger partial charge >= 0.3 is 0 Å². The molecule has 0 atom stereocenters. The van der Waals surface area contributed by atoms with Crippen LogP contribution < -0.4 is 0 Å². The van der Waals surface area contributed by atoms with E-state index in [2.05, 4.69) is 25.9 Å². The standard InChI is InChI=1S/C13H12BrN3OS/c1-17(2)8-16-13-15-7-11(19-13)12(18)9-3-5-10(14)6-4-9/h3-8H,1-2H3/b16-8-. The second-order valence-corrected chi connectivity index (χ2v) is 5.98. The van der Waals surface area contributed by atoms with Gasteiger partial charge in [0, 0.05) is 24.1 Å². The summed E-state index contributed by atoms with van der Waals surface area (Å²) in [5, 5.41) is 0.578. The fourth-order valence-electron chi connectivity index (χ4n) is 1.34. The lowest BCUT2D eigenvalue weighted by Gasteiger charge is -1.99. The van der Waals surface area contributed by atoms with Gasteiger partial charge in [-0.3, -0.25) is 4.79 Å². The predicted octanol–water partition coefficient (Wildman–Crippen LogP) is 3.36. The summed E-state index contributed by atoms with van der Waals surface area (Å²) in [5.41, 5.74) is 0.648. The number of ketones is 1. The quantitative estimate of drug-likeness (QED) is 0.488. The molecule has 0 saturated heterocycles. The lowest BCUT2D eigenvalue weighted by atomic mass is 10.1. The largest absolute Gasteiger partial charge is 0.369 e. The number of hydrogen-bond donors (Lipinski definition) is 0. The van der Waals surface area contributed by atoms with E-state index in [9.17, 15) is 4.79 Å². The lowest BCUT2D eigenvalue weighted by molar-refractivity contribution is 0.104. The van der Waals surface area contributed by atoms with Gasteiger partial charge in [-0.1, -0.05) is 27.3 Å². The highest BCUT2D eigenvalue weighted by atomic mass is 79.9. The zero-order valence-electron chi connectivity index (χ0n) is 10.5. The molecule has 0 N–H and O–H groups in total. The molecule has 0 radical (unpaired) electrons. The molecule has 6 heteroatoms. The Hall–Kier alpha value is -1.53. The van der Waals surface area contributed by atoms with Crippen molar-refractivity contribution in [2.45, 2.75) is 0 Å². The molecule has 0 unspecified atom stereocenters. The monoisotopic (exact) mass is 337 g/mol. The van der Waals surface area contributed by atoms with Crippen molar-refractivity contribution in [3.05, 3.63) is 45.4 Å². The van der Waals surface area contributed by atoms with Crippen LogP contribution >= 0.6 is 27.3 Å². The van der Waals surface area contributed by atoms with Gasteiger partial charge < -0.3 is 4.90 Å². The summed E-state index contributed by atoms with van der Waals surface area (Å²) < 4.78 is 0.949. The Labute approximate surface area is 123 Å². The third-order valence-corrected chi connectivity index (χ3v) is 3.66. The van der Waals surface area contributed by atoms with Crippen LogP contribution in [-0.2, 0) is 0 Å². The zero-order valence-corrected chi connectivity index (χ0v) is 12.9. The van der Waals surface area contributed by atoms with E-state index in [4.69, 9.17) is 0 Å². The highest BCUT2D eigenvalue weighted by molar-refractivity contribution is 9.10. The van der Waals surface area contributed by atoms with Crippen LogP contribution in [0.5, 0.6) is 0 Å². The smallest absolute Gasteiger partial charge is 0.211 e. The van der Waals surface area contributed by atoms with Gasteiger partial charge in [-0.15, -0.1) is 0 Å². The maximum Gasteiger partial charge on any atom is 0.211 e. The van der Waals surface area contributed by atoms with Crippen LogP contribution in [0.4, 0.5) is 5.13 Å². The second-order valence-electron chi connectivity index (χ2n) is 4.05. The highest BCUT2D eigenvalue weighted by Gasteiger charge is 2.12. The molecule has 2 rings (SSSR count). The summed E-state index contributed by atoms with van der Waals surface area (Å²) >= 11 is 4.63. The molecular weight excluding hydrogens is 326 g/mol. The van der Waals surface area contributed by atoms with Crippen molar-refractivity contribution in [1.82, 2.24) is 9.88 Å². The number of nitrogens with zero attached hydrogens (tertiary/aromatic N) is 3. The fourth-order valence-corrected chi connectivity index (χ4v) is 2.32. The normalized spacial score (nSPS) is 10.9. The molecule has 98 valence electrons. The second kappa shape index (κ2) is 6.08. The molecule has 0 saturated carbocycles. The number of aromatic nitrogens is 1. The van der Waals surface area contributed by atoms with Crippen molar-refractivity contribution in [3.8, 4) is 0 Å². The lowest BCUT2D eigenvalue weighted by Crippen LogP contribution is -2.06. The van der Waals surface area contributed by atoms with E-state index >= 15 is 0 Å². The van der Waals surface area contributed by atoms with Gasteiger partial charge in [-0.2, -0.15) is 0 Å². The van der Waals surface area contributed by atoms with Crippen molar-refractivity contribution in [2.75, 3.05) is 14.1 Å². The Morgan fingerprint density at radius 3 is 2.68 bits per heavy atom. The summed E-state index contributed by atoms with van der Waals surface area (Å²) in [6, 6.07) is 7.27. The summed E-state index contributed by atoms with van der Waals surface area (Å²) in [4.78, 5) is 22.9. The Kier molecular flexibility index (Phi) is 4.44. The number of carbonyl (C=O) groups is 1. The summed E-state index contributed by atoms with van der Waals surface area (Å²) in [6.45, 7) is 0. The molecule has 4 nitrogen and oxygen atoms in total. The van der Waals surface area contributed by atoms with Gasteiger partial charge in [0.2, 0.25) is 10.9 Å². The van der Waals surface area contributed by atoms with E-state index in [1.807, 2.05) is 31.1 Å². The first kappa shape index (κ1) is 13.9. The van der Waals surface area contributed by atoms with Crippen molar-refractivity contribution in [3.63, 3.8) is 0 Å². The van der Waals surface area contributed by atoms with E-state index < -0.39 is 0 Å². The van der Waals surface area contributed by atoms with Crippen molar-refractivity contribution >= 4 is 44.5 Å². The first-order valence-electron chi connectivity index (χ1n) is 5.53. The Bertz CT molecular complexity index is 605. The average Bonchev–Trinajstić information content (AvgIpc) is 2.85. The molecule has 0 aliphatic carbocycles. The van der Waals surface area contributed by atoms with Crippen LogP contribution in [0.2, 0.25) is 0 Å². The Balaban J connectivity index is 2.18. The van der Waals surface area contributed by atoms with Gasteiger partial charge in [0.1, 0.15) is 0 Å². The molecule has 0 fully saturated rings. The first-order chi connectivity index (χ1) is 9.06. The molecule has 0 aliphatic heterocycles.